The molecule has 1 fully saturated rings. The Balaban J connectivity index is 2.10. The molecular weight excluding hydrogens is 220 g/mol. The summed E-state index contributed by atoms with van der Waals surface area (Å²) in [6.45, 7) is 10.2. The van der Waals surface area contributed by atoms with Crippen LogP contribution >= 0.6 is 0 Å². The molecule has 1 aromatic rings. The van der Waals surface area contributed by atoms with Crippen LogP contribution in [0.15, 0.2) is 24.3 Å². The highest BCUT2D eigenvalue weighted by atomic mass is 15.2. The first-order valence-electron chi connectivity index (χ1n) is 7.28. The lowest BCUT2D eigenvalue weighted by Crippen LogP contribution is -2.54. The van der Waals surface area contributed by atoms with Gasteiger partial charge < -0.3 is 5.32 Å². The summed E-state index contributed by atoms with van der Waals surface area (Å²) in [7, 11) is 0. The molecule has 0 aliphatic carbocycles. The largest absolute Gasteiger partial charge is 0.311 e. The number of piperazine rings is 1. The van der Waals surface area contributed by atoms with Gasteiger partial charge in [0.1, 0.15) is 0 Å². The molecule has 0 aromatic heterocycles. The predicted octanol–water partition coefficient (Wildman–Crippen LogP) is 2.82. The molecule has 1 aliphatic rings. The molecular formula is C16H26N2. The summed E-state index contributed by atoms with van der Waals surface area (Å²) in [5.74, 6) is 0. The molecule has 100 valence electrons. The van der Waals surface area contributed by atoms with Crippen LogP contribution in [0, 0.1) is 0 Å². The number of hydrogen-bond donors (Lipinski definition) is 1. The number of benzene rings is 1. The quantitative estimate of drug-likeness (QED) is 0.879. The van der Waals surface area contributed by atoms with Crippen LogP contribution in [0.2, 0.25) is 0 Å². The average molecular weight is 246 g/mol. The van der Waals surface area contributed by atoms with Gasteiger partial charge in [-0.3, -0.25) is 4.90 Å². The van der Waals surface area contributed by atoms with Gasteiger partial charge in [-0.05, 0) is 30.9 Å². The summed E-state index contributed by atoms with van der Waals surface area (Å²) in [5, 5.41) is 3.59. The first-order chi connectivity index (χ1) is 8.74. The van der Waals surface area contributed by atoms with Crippen LogP contribution in [-0.4, -0.2) is 30.1 Å². The zero-order valence-corrected chi connectivity index (χ0v) is 11.9. The Bertz CT molecular complexity index is 375. The van der Waals surface area contributed by atoms with Crippen LogP contribution in [0.4, 0.5) is 0 Å². The average Bonchev–Trinajstić information content (AvgIpc) is 2.40. The summed E-state index contributed by atoms with van der Waals surface area (Å²) in [6.07, 6.45) is 2.36. The summed E-state index contributed by atoms with van der Waals surface area (Å²) in [6, 6.07) is 10.2. The second kappa shape index (κ2) is 6.35. The third kappa shape index (κ3) is 3.12. The molecule has 1 N–H and O–H groups in total. The van der Waals surface area contributed by atoms with Crippen molar-refractivity contribution in [2.24, 2.45) is 0 Å². The number of rotatable bonds is 4. The molecule has 2 heteroatoms. The molecule has 2 atom stereocenters. The Morgan fingerprint density at radius 3 is 2.61 bits per heavy atom. The standard InChI is InChI=1S/C16H26N2/c1-4-14-8-6-7-9-15(14)12-18-11-13(3)17-10-16(18)5-2/h6-9,13,16-17H,4-5,10-12H2,1-3H3. The number of aryl methyl sites for hydroxylation is 1. The molecule has 1 aliphatic heterocycles. The van der Waals surface area contributed by atoms with Gasteiger partial charge in [-0.2, -0.15) is 0 Å². The smallest absolute Gasteiger partial charge is 0.0240 e. The summed E-state index contributed by atoms with van der Waals surface area (Å²) in [4.78, 5) is 2.65. The fraction of sp³-hybridized carbons (Fsp3) is 0.625. The molecule has 18 heavy (non-hydrogen) atoms. The van der Waals surface area contributed by atoms with Crippen molar-refractivity contribution in [1.29, 1.82) is 0 Å². The van der Waals surface area contributed by atoms with Crippen LogP contribution in [0.25, 0.3) is 0 Å². The Hall–Kier alpha value is -0.860. The molecule has 2 rings (SSSR count). The van der Waals surface area contributed by atoms with E-state index >= 15 is 0 Å². The molecule has 1 aromatic carbocycles. The Labute approximate surface area is 111 Å². The van der Waals surface area contributed by atoms with Gasteiger partial charge in [0.25, 0.3) is 0 Å². The Kier molecular flexibility index (Phi) is 4.79. The van der Waals surface area contributed by atoms with E-state index in [1.807, 2.05) is 0 Å². The first kappa shape index (κ1) is 13.6. The predicted molar refractivity (Wildman–Crippen MR) is 77.8 cm³/mol. The Morgan fingerprint density at radius 2 is 1.94 bits per heavy atom. The molecule has 2 nitrogen and oxygen atoms in total. The summed E-state index contributed by atoms with van der Waals surface area (Å²) < 4.78 is 0. The van der Waals surface area contributed by atoms with E-state index in [1.165, 1.54) is 17.5 Å². The normalized spacial score (nSPS) is 25.3. The van der Waals surface area contributed by atoms with Gasteiger partial charge >= 0.3 is 0 Å². The van der Waals surface area contributed by atoms with Crippen molar-refractivity contribution in [2.75, 3.05) is 13.1 Å². The van der Waals surface area contributed by atoms with Crippen molar-refractivity contribution < 1.29 is 0 Å². The van der Waals surface area contributed by atoms with Crippen LogP contribution < -0.4 is 5.32 Å². The third-order valence-electron chi connectivity index (χ3n) is 4.07. The maximum atomic E-state index is 3.59. The van der Waals surface area contributed by atoms with E-state index in [0.717, 1.165) is 26.1 Å². The van der Waals surface area contributed by atoms with Crippen molar-refractivity contribution in [3.8, 4) is 0 Å². The second-order valence-corrected chi connectivity index (χ2v) is 5.42. The van der Waals surface area contributed by atoms with E-state index < -0.39 is 0 Å². The molecule has 0 spiro atoms. The fourth-order valence-corrected chi connectivity index (χ4v) is 2.90. The van der Waals surface area contributed by atoms with Gasteiger partial charge in [0.2, 0.25) is 0 Å². The fourth-order valence-electron chi connectivity index (χ4n) is 2.90. The van der Waals surface area contributed by atoms with E-state index in [0.29, 0.717) is 12.1 Å². The van der Waals surface area contributed by atoms with E-state index in [1.54, 1.807) is 0 Å². The van der Waals surface area contributed by atoms with E-state index in [2.05, 4.69) is 55.3 Å². The van der Waals surface area contributed by atoms with Gasteiger partial charge in [0, 0.05) is 31.7 Å². The lowest BCUT2D eigenvalue weighted by Gasteiger charge is -2.39. The van der Waals surface area contributed by atoms with Gasteiger partial charge in [-0.25, -0.2) is 0 Å². The minimum Gasteiger partial charge on any atom is -0.311 e. The van der Waals surface area contributed by atoms with Gasteiger partial charge in [-0.15, -0.1) is 0 Å². The SMILES string of the molecule is CCc1ccccc1CN1CC(C)NCC1CC. The molecule has 0 radical (unpaired) electrons. The minimum atomic E-state index is 0.613. The molecule has 1 saturated heterocycles. The zero-order valence-electron chi connectivity index (χ0n) is 11.9. The molecule has 0 amide bonds. The molecule has 1 heterocycles. The highest BCUT2D eigenvalue weighted by Crippen LogP contribution is 2.17. The molecule has 2 unspecified atom stereocenters. The van der Waals surface area contributed by atoms with E-state index in [-0.39, 0.29) is 0 Å². The maximum absolute atomic E-state index is 3.59. The zero-order chi connectivity index (χ0) is 13.0. The number of hydrogen-bond acceptors (Lipinski definition) is 2. The van der Waals surface area contributed by atoms with Crippen LogP contribution in [0.1, 0.15) is 38.3 Å². The van der Waals surface area contributed by atoms with E-state index in [4.69, 9.17) is 0 Å². The maximum Gasteiger partial charge on any atom is 0.0240 e. The first-order valence-corrected chi connectivity index (χ1v) is 7.28. The van der Waals surface area contributed by atoms with Crippen molar-refractivity contribution in [1.82, 2.24) is 10.2 Å². The van der Waals surface area contributed by atoms with Crippen LogP contribution in [0.3, 0.4) is 0 Å². The lowest BCUT2D eigenvalue weighted by molar-refractivity contribution is 0.124. The van der Waals surface area contributed by atoms with Crippen molar-refractivity contribution in [3.05, 3.63) is 35.4 Å². The van der Waals surface area contributed by atoms with E-state index in [9.17, 15) is 0 Å². The number of nitrogens with zero attached hydrogens (tertiary/aromatic N) is 1. The molecule has 0 bridgehead atoms. The van der Waals surface area contributed by atoms with Crippen molar-refractivity contribution in [2.45, 2.75) is 52.2 Å². The third-order valence-corrected chi connectivity index (χ3v) is 4.07. The minimum absolute atomic E-state index is 0.613. The Morgan fingerprint density at radius 1 is 1.22 bits per heavy atom. The van der Waals surface area contributed by atoms with Gasteiger partial charge in [0.15, 0.2) is 0 Å². The van der Waals surface area contributed by atoms with Crippen LogP contribution in [-0.2, 0) is 13.0 Å². The molecule has 0 saturated carbocycles. The van der Waals surface area contributed by atoms with Crippen molar-refractivity contribution >= 4 is 0 Å². The summed E-state index contributed by atoms with van der Waals surface area (Å²) >= 11 is 0. The number of nitrogens with one attached hydrogen (secondary N) is 1. The summed E-state index contributed by atoms with van der Waals surface area (Å²) in [5.41, 5.74) is 3.01. The monoisotopic (exact) mass is 246 g/mol. The lowest BCUT2D eigenvalue weighted by atomic mass is 10.0. The van der Waals surface area contributed by atoms with Crippen LogP contribution in [0.5, 0.6) is 0 Å². The highest BCUT2D eigenvalue weighted by molar-refractivity contribution is 5.27. The van der Waals surface area contributed by atoms with Gasteiger partial charge in [0.05, 0.1) is 0 Å². The second-order valence-electron chi connectivity index (χ2n) is 5.42. The van der Waals surface area contributed by atoms with Crippen molar-refractivity contribution in [3.63, 3.8) is 0 Å². The highest BCUT2D eigenvalue weighted by Gasteiger charge is 2.24. The topological polar surface area (TPSA) is 15.3 Å². The van der Waals surface area contributed by atoms with Gasteiger partial charge in [-0.1, -0.05) is 38.1 Å².